The third kappa shape index (κ3) is 6.50. The van der Waals surface area contributed by atoms with Crippen molar-refractivity contribution >= 4 is 23.8 Å². The minimum Gasteiger partial charge on any atom is -0.480 e. The monoisotopic (exact) mass is 302 g/mol. The number of carboxylic acids is 1. The molecule has 0 saturated heterocycles. The van der Waals surface area contributed by atoms with Gasteiger partial charge in [0.05, 0.1) is 0 Å². The van der Waals surface area contributed by atoms with Crippen molar-refractivity contribution in [1.29, 1.82) is 0 Å². The van der Waals surface area contributed by atoms with Crippen LogP contribution in [0, 0.1) is 5.92 Å². The van der Waals surface area contributed by atoms with Crippen LogP contribution in [0.15, 0.2) is 0 Å². The summed E-state index contributed by atoms with van der Waals surface area (Å²) < 4.78 is 0. The molecule has 2 amide bonds. The number of carbonyl (C=O) groups excluding carboxylic acids is 1. The molecule has 0 aromatic heterocycles. The molecule has 1 aliphatic carbocycles. The molecule has 116 valence electrons. The van der Waals surface area contributed by atoms with Crippen molar-refractivity contribution < 1.29 is 14.7 Å². The van der Waals surface area contributed by atoms with Gasteiger partial charge in [-0.3, -0.25) is 0 Å². The van der Waals surface area contributed by atoms with E-state index in [2.05, 4.69) is 17.6 Å². The van der Waals surface area contributed by atoms with Gasteiger partial charge in [-0.15, -0.1) is 0 Å². The summed E-state index contributed by atoms with van der Waals surface area (Å²) in [5.41, 5.74) is 0. The Kier molecular flexibility index (Phi) is 7.80. The van der Waals surface area contributed by atoms with Crippen molar-refractivity contribution in [2.45, 2.75) is 57.5 Å². The van der Waals surface area contributed by atoms with Gasteiger partial charge in [0.25, 0.3) is 0 Å². The number of aliphatic carboxylic acids is 1. The van der Waals surface area contributed by atoms with E-state index in [0.29, 0.717) is 6.42 Å². The van der Waals surface area contributed by atoms with Crippen molar-refractivity contribution in [2.24, 2.45) is 5.92 Å². The van der Waals surface area contributed by atoms with Crippen LogP contribution in [0.1, 0.15) is 45.4 Å². The number of hydrogen-bond acceptors (Lipinski definition) is 3. The van der Waals surface area contributed by atoms with Gasteiger partial charge < -0.3 is 15.7 Å². The number of rotatable bonds is 6. The Labute approximate surface area is 125 Å². The molecule has 0 aromatic rings. The molecule has 0 spiro atoms. The minimum absolute atomic E-state index is 0.176. The Hall–Kier alpha value is -0.910. The first-order chi connectivity index (χ1) is 9.52. The number of carboxylic acid groups (broad SMARTS) is 1. The summed E-state index contributed by atoms with van der Waals surface area (Å²) in [6.45, 7) is 2.24. The molecule has 1 aliphatic rings. The second kappa shape index (κ2) is 9.10. The van der Waals surface area contributed by atoms with Crippen molar-refractivity contribution in [2.75, 3.05) is 12.0 Å². The highest BCUT2D eigenvalue weighted by atomic mass is 32.2. The lowest BCUT2D eigenvalue weighted by Gasteiger charge is -2.19. The van der Waals surface area contributed by atoms with Crippen LogP contribution in [-0.4, -0.2) is 41.2 Å². The summed E-state index contributed by atoms with van der Waals surface area (Å²) in [6.07, 6.45) is 7.81. The normalized spacial score (nSPS) is 24.5. The molecule has 0 heterocycles. The van der Waals surface area contributed by atoms with E-state index in [1.807, 2.05) is 6.26 Å². The van der Waals surface area contributed by atoms with Crippen molar-refractivity contribution in [3.05, 3.63) is 0 Å². The van der Waals surface area contributed by atoms with Gasteiger partial charge in [-0.05, 0) is 43.6 Å². The van der Waals surface area contributed by atoms with Crippen LogP contribution in [0.3, 0.4) is 0 Å². The average Bonchev–Trinajstić information content (AvgIpc) is 2.59. The lowest BCUT2D eigenvalue weighted by molar-refractivity contribution is -0.139. The predicted octanol–water partition coefficient (Wildman–Crippen LogP) is 2.46. The average molecular weight is 302 g/mol. The fourth-order valence-corrected chi connectivity index (χ4v) is 2.98. The van der Waals surface area contributed by atoms with E-state index in [-0.39, 0.29) is 12.1 Å². The Morgan fingerprint density at radius 2 is 2.05 bits per heavy atom. The maximum Gasteiger partial charge on any atom is 0.326 e. The zero-order valence-corrected chi connectivity index (χ0v) is 13.2. The molecule has 0 radical (unpaired) electrons. The molecule has 5 nitrogen and oxygen atoms in total. The summed E-state index contributed by atoms with van der Waals surface area (Å²) in [4.78, 5) is 23.0. The van der Waals surface area contributed by atoms with Crippen LogP contribution >= 0.6 is 11.8 Å². The highest BCUT2D eigenvalue weighted by molar-refractivity contribution is 7.98. The molecule has 0 aliphatic heterocycles. The van der Waals surface area contributed by atoms with Crippen LogP contribution in [-0.2, 0) is 4.79 Å². The molecule has 3 atom stereocenters. The fourth-order valence-electron chi connectivity index (χ4n) is 2.51. The molecule has 6 heteroatoms. The van der Waals surface area contributed by atoms with Gasteiger partial charge in [0.15, 0.2) is 0 Å². The van der Waals surface area contributed by atoms with Gasteiger partial charge in [0.1, 0.15) is 6.04 Å². The standard InChI is InChI=1S/C14H26N2O3S/c1-10-4-3-5-11(7-6-10)15-14(19)16-12(13(17)18)8-9-20-2/h10-12H,3-9H2,1-2H3,(H,17,18)(H2,15,16,19)/t10?,11?,12-/m0/s1. The molecule has 0 aromatic carbocycles. The van der Waals surface area contributed by atoms with Gasteiger partial charge >= 0.3 is 12.0 Å². The lowest BCUT2D eigenvalue weighted by Crippen LogP contribution is -2.49. The maximum atomic E-state index is 11.9. The number of urea groups is 1. The molecule has 3 N–H and O–H groups in total. The SMILES string of the molecule is CSCC[C@H](NC(=O)NC1CCCC(C)CC1)C(=O)O. The molecule has 1 saturated carbocycles. The fraction of sp³-hybridized carbons (Fsp3) is 0.857. The molecule has 1 fully saturated rings. The summed E-state index contributed by atoms with van der Waals surface area (Å²) >= 11 is 1.58. The van der Waals surface area contributed by atoms with Crippen LogP contribution in [0.2, 0.25) is 0 Å². The third-order valence-electron chi connectivity index (χ3n) is 3.81. The van der Waals surface area contributed by atoms with Crippen LogP contribution in [0.5, 0.6) is 0 Å². The zero-order valence-electron chi connectivity index (χ0n) is 12.4. The number of hydrogen-bond donors (Lipinski definition) is 3. The van der Waals surface area contributed by atoms with Crippen molar-refractivity contribution in [3.8, 4) is 0 Å². The molecular formula is C14H26N2O3S. The van der Waals surface area contributed by atoms with Gasteiger partial charge in [0, 0.05) is 6.04 Å². The van der Waals surface area contributed by atoms with Gasteiger partial charge in [-0.2, -0.15) is 11.8 Å². The van der Waals surface area contributed by atoms with Crippen LogP contribution < -0.4 is 10.6 Å². The van der Waals surface area contributed by atoms with Crippen molar-refractivity contribution in [1.82, 2.24) is 10.6 Å². The second-order valence-corrected chi connectivity index (χ2v) is 6.59. The maximum absolute atomic E-state index is 11.9. The first kappa shape index (κ1) is 17.1. The second-order valence-electron chi connectivity index (χ2n) is 5.60. The van der Waals surface area contributed by atoms with Gasteiger partial charge in [0.2, 0.25) is 0 Å². The smallest absolute Gasteiger partial charge is 0.326 e. The van der Waals surface area contributed by atoms with Crippen molar-refractivity contribution in [3.63, 3.8) is 0 Å². The summed E-state index contributed by atoms with van der Waals surface area (Å²) in [5, 5.41) is 14.6. The number of thioether (sulfide) groups is 1. The van der Waals surface area contributed by atoms with E-state index in [1.165, 1.54) is 6.42 Å². The third-order valence-corrected chi connectivity index (χ3v) is 4.45. The van der Waals surface area contributed by atoms with E-state index >= 15 is 0 Å². The first-order valence-corrected chi connectivity index (χ1v) is 8.71. The molecule has 20 heavy (non-hydrogen) atoms. The minimum atomic E-state index is -0.969. The number of nitrogens with one attached hydrogen (secondary N) is 2. The quantitative estimate of drug-likeness (QED) is 0.659. The number of carbonyl (C=O) groups is 2. The van der Waals surface area contributed by atoms with Gasteiger partial charge in [-0.25, -0.2) is 9.59 Å². The highest BCUT2D eigenvalue weighted by Gasteiger charge is 2.22. The summed E-state index contributed by atoms with van der Waals surface area (Å²) in [6, 6.07) is -0.972. The van der Waals surface area contributed by atoms with E-state index in [1.54, 1.807) is 11.8 Å². The Bertz CT molecular complexity index is 326. The predicted molar refractivity (Wildman–Crippen MR) is 82.1 cm³/mol. The molecular weight excluding hydrogens is 276 g/mol. The first-order valence-electron chi connectivity index (χ1n) is 7.31. The largest absolute Gasteiger partial charge is 0.480 e. The van der Waals surface area contributed by atoms with E-state index in [9.17, 15) is 9.59 Å². The van der Waals surface area contributed by atoms with Gasteiger partial charge in [-0.1, -0.05) is 19.8 Å². The Morgan fingerprint density at radius 1 is 1.30 bits per heavy atom. The Balaban J connectivity index is 2.38. The van der Waals surface area contributed by atoms with E-state index in [0.717, 1.165) is 37.4 Å². The highest BCUT2D eigenvalue weighted by Crippen LogP contribution is 2.22. The van der Waals surface area contributed by atoms with Crippen LogP contribution in [0.25, 0.3) is 0 Å². The zero-order chi connectivity index (χ0) is 15.0. The lowest BCUT2D eigenvalue weighted by atomic mass is 10.0. The number of amides is 2. The van der Waals surface area contributed by atoms with E-state index < -0.39 is 12.0 Å². The Morgan fingerprint density at radius 3 is 2.70 bits per heavy atom. The molecule has 0 bridgehead atoms. The summed E-state index contributed by atoms with van der Waals surface area (Å²) in [7, 11) is 0. The van der Waals surface area contributed by atoms with E-state index in [4.69, 9.17) is 5.11 Å². The molecule has 2 unspecified atom stereocenters. The van der Waals surface area contributed by atoms with Crippen LogP contribution in [0.4, 0.5) is 4.79 Å². The summed E-state index contributed by atoms with van der Waals surface area (Å²) in [5.74, 6) is 0.472. The molecule has 1 rings (SSSR count). The topological polar surface area (TPSA) is 78.4 Å².